The van der Waals surface area contributed by atoms with Crippen molar-refractivity contribution in [3.8, 4) is 5.75 Å². The highest BCUT2D eigenvalue weighted by atomic mass is 16.5. The van der Waals surface area contributed by atoms with Crippen LogP contribution in [-0.2, 0) is 6.61 Å². The van der Waals surface area contributed by atoms with Crippen LogP contribution in [0.25, 0.3) is 0 Å². The molecule has 0 bridgehead atoms. The molecular weight excluding hydrogens is 320 g/mol. The molecule has 2 heterocycles. The van der Waals surface area contributed by atoms with E-state index in [4.69, 9.17) is 10.5 Å². The first-order chi connectivity index (χ1) is 12.1. The van der Waals surface area contributed by atoms with Gasteiger partial charge in [0, 0.05) is 13.6 Å². The van der Waals surface area contributed by atoms with Crippen molar-refractivity contribution in [2.24, 2.45) is 0 Å². The van der Waals surface area contributed by atoms with E-state index in [0.29, 0.717) is 23.0 Å². The summed E-state index contributed by atoms with van der Waals surface area (Å²) in [5.74, 6) is 1.00. The van der Waals surface area contributed by atoms with Gasteiger partial charge in [-0.2, -0.15) is 4.98 Å². The zero-order valence-electron chi connectivity index (χ0n) is 14.6. The molecule has 2 rings (SSSR count). The van der Waals surface area contributed by atoms with Crippen LogP contribution in [0, 0.1) is 0 Å². The molecule has 0 radical (unpaired) electrons. The van der Waals surface area contributed by atoms with E-state index >= 15 is 0 Å². The molecule has 0 aliphatic carbocycles. The Morgan fingerprint density at radius 2 is 2.12 bits per heavy atom. The molecule has 0 saturated carbocycles. The fourth-order valence-corrected chi connectivity index (χ4v) is 2.16. The number of carbonyl (C=O) groups is 1. The van der Waals surface area contributed by atoms with Crippen molar-refractivity contribution in [1.82, 2.24) is 20.3 Å². The Kier molecular flexibility index (Phi) is 6.94. The van der Waals surface area contributed by atoms with Gasteiger partial charge in [0.05, 0.1) is 11.9 Å². The Labute approximate surface area is 147 Å². The Bertz CT molecular complexity index is 707. The lowest BCUT2D eigenvalue weighted by molar-refractivity contribution is 0.0957. The zero-order valence-corrected chi connectivity index (χ0v) is 14.6. The van der Waals surface area contributed by atoms with Crippen molar-refractivity contribution in [2.45, 2.75) is 32.8 Å². The molecule has 25 heavy (non-hydrogen) atoms. The van der Waals surface area contributed by atoms with Gasteiger partial charge in [-0.25, -0.2) is 9.97 Å². The summed E-state index contributed by atoms with van der Waals surface area (Å²) in [5, 5.41) is 5.77. The number of nitrogen functional groups attached to an aromatic ring is 1. The lowest BCUT2D eigenvalue weighted by Crippen LogP contribution is -2.19. The Morgan fingerprint density at radius 3 is 2.88 bits per heavy atom. The van der Waals surface area contributed by atoms with Crippen LogP contribution in [0.4, 0.5) is 11.8 Å². The third kappa shape index (κ3) is 5.59. The lowest BCUT2D eigenvalue weighted by Gasteiger charge is -2.12. The van der Waals surface area contributed by atoms with E-state index in [2.05, 4.69) is 32.5 Å². The summed E-state index contributed by atoms with van der Waals surface area (Å²) >= 11 is 0. The second-order valence-corrected chi connectivity index (χ2v) is 5.46. The van der Waals surface area contributed by atoms with Crippen LogP contribution in [0.3, 0.4) is 0 Å². The fraction of sp³-hybridized carbons (Fsp3) is 0.412. The maximum atomic E-state index is 11.6. The average molecular weight is 344 g/mol. The number of unbranched alkanes of at least 4 members (excludes halogenated alkanes) is 2. The fourth-order valence-electron chi connectivity index (χ4n) is 2.16. The number of anilines is 2. The molecule has 2 aromatic rings. The molecule has 0 fully saturated rings. The summed E-state index contributed by atoms with van der Waals surface area (Å²) in [6, 6.07) is 5.20. The number of rotatable bonds is 9. The minimum absolute atomic E-state index is 0.185. The third-order valence-corrected chi connectivity index (χ3v) is 3.49. The predicted octanol–water partition coefficient (Wildman–Crippen LogP) is 1.99. The second-order valence-electron chi connectivity index (χ2n) is 5.46. The molecule has 1 amide bonds. The topological polar surface area (TPSA) is 115 Å². The van der Waals surface area contributed by atoms with E-state index < -0.39 is 0 Å². The van der Waals surface area contributed by atoms with E-state index in [-0.39, 0.29) is 18.5 Å². The number of nitrogens with one attached hydrogen (secondary N) is 2. The molecule has 8 nitrogen and oxygen atoms in total. The van der Waals surface area contributed by atoms with Gasteiger partial charge in [0.15, 0.2) is 11.6 Å². The minimum Gasteiger partial charge on any atom is -0.482 e. The highest BCUT2D eigenvalue weighted by molar-refractivity contribution is 5.91. The number of pyridine rings is 1. The van der Waals surface area contributed by atoms with Gasteiger partial charge < -0.3 is 21.1 Å². The molecule has 0 atom stereocenters. The van der Waals surface area contributed by atoms with Crippen LogP contribution < -0.4 is 21.1 Å². The highest BCUT2D eigenvalue weighted by Gasteiger charge is 2.09. The maximum absolute atomic E-state index is 11.6. The number of nitrogens with zero attached hydrogens (tertiary/aromatic N) is 3. The van der Waals surface area contributed by atoms with Gasteiger partial charge in [-0.15, -0.1) is 0 Å². The predicted molar refractivity (Wildman–Crippen MR) is 96.4 cm³/mol. The number of nitrogens with two attached hydrogens (primary N) is 1. The van der Waals surface area contributed by atoms with Gasteiger partial charge in [-0.3, -0.25) is 4.79 Å². The van der Waals surface area contributed by atoms with E-state index in [1.807, 2.05) is 0 Å². The van der Waals surface area contributed by atoms with Crippen LogP contribution in [0.2, 0.25) is 0 Å². The Balaban J connectivity index is 2.03. The van der Waals surface area contributed by atoms with Crippen molar-refractivity contribution in [2.75, 3.05) is 24.6 Å². The Morgan fingerprint density at radius 1 is 1.28 bits per heavy atom. The number of hydrogen-bond donors (Lipinski definition) is 3. The van der Waals surface area contributed by atoms with E-state index in [1.165, 1.54) is 6.20 Å². The van der Waals surface area contributed by atoms with Gasteiger partial charge in [0.1, 0.15) is 12.3 Å². The smallest absolute Gasteiger partial charge is 0.269 e. The van der Waals surface area contributed by atoms with Gasteiger partial charge in [0.25, 0.3) is 5.91 Å². The molecule has 0 saturated heterocycles. The van der Waals surface area contributed by atoms with Crippen molar-refractivity contribution in [3.63, 3.8) is 0 Å². The van der Waals surface area contributed by atoms with Gasteiger partial charge >= 0.3 is 0 Å². The standard InChI is InChI=1S/C17H24N6O2/c1-3-4-5-9-20-15-14(10-21-17(18)23-15)25-11-12-7-6-8-13(22-12)16(24)19-2/h6-8,10H,3-5,9,11H2,1-2H3,(H,19,24)(H3,18,20,21,23). The highest BCUT2D eigenvalue weighted by Crippen LogP contribution is 2.22. The summed E-state index contributed by atoms with van der Waals surface area (Å²) < 4.78 is 5.77. The third-order valence-electron chi connectivity index (χ3n) is 3.49. The molecular formula is C17H24N6O2. The first kappa shape index (κ1) is 18.4. The summed E-state index contributed by atoms with van der Waals surface area (Å²) in [6.45, 7) is 3.13. The van der Waals surface area contributed by atoms with Crippen LogP contribution in [0.15, 0.2) is 24.4 Å². The quantitative estimate of drug-likeness (QED) is 0.596. The summed E-state index contributed by atoms with van der Waals surface area (Å²) in [6.07, 6.45) is 4.85. The largest absolute Gasteiger partial charge is 0.482 e. The summed E-state index contributed by atoms with van der Waals surface area (Å²) in [4.78, 5) is 24.1. The van der Waals surface area contributed by atoms with Crippen molar-refractivity contribution >= 4 is 17.7 Å². The lowest BCUT2D eigenvalue weighted by atomic mass is 10.2. The number of amides is 1. The molecule has 0 aromatic carbocycles. The zero-order chi connectivity index (χ0) is 18.1. The van der Waals surface area contributed by atoms with Crippen LogP contribution in [-0.4, -0.2) is 34.5 Å². The van der Waals surface area contributed by atoms with E-state index in [9.17, 15) is 4.79 Å². The van der Waals surface area contributed by atoms with E-state index in [1.54, 1.807) is 25.2 Å². The Hall–Kier alpha value is -2.90. The molecule has 134 valence electrons. The molecule has 4 N–H and O–H groups in total. The molecule has 0 unspecified atom stereocenters. The summed E-state index contributed by atoms with van der Waals surface area (Å²) in [5.41, 5.74) is 6.64. The normalized spacial score (nSPS) is 10.3. The molecule has 8 heteroatoms. The molecule has 0 aliphatic heterocycles. The van der Waals surface area contributed by atoms with Crippen molar-refractivity contribution < 1.29 is 9.53 Å². The van der Waals surface area contributed by atoms with Gasteiger partial charge in [0.2, 0.25) is 5.95 Å². The van der Waals surface area contributed by atoms with E-state index in [0.717, 1.165) is 25.8 Å². The number of aromatic nitrogens is 3. The molecule has 0 spiro atoms. The molecule has 2 aromatic heterocycles. The average Bonchev–Trinajstić information content (AvgIpc) is 2.64. The number of hydrogen-bond acceptors (Lipinski definition) is 7. The minimum atomic E-state index is -0.240. The monoisotopic (exact) mass is 344 g/mol. The van der Waals surface area contributed by atoms with Crippen LogP contribution >= 0.6 is 0 Å². The molecule has 0 aliphatic rings. The van der Waals surface area contributed by atoms with Crippen LogP contribution in [0.1, 0.15) is 42.4 Å². The van der Waals surface area contributed by atoms with Crippen LogP contribution in [0.5, 0.6) is 5.75 Å². The van der Waals surface area contributed by atoms with Crippen molar-refractivity contribution in [1.29, 1.82) is 0 Å². The second kappa shape index (κ2) is 9.41. The summed E-state index contributed by atoms with van der Waals surface area (Å²) in [7, 11) is 1.56. The first-order valence-electron chi connectivity index (χ1n) is 8.31. The maximum Gasteiger partial charge on any atom is 0.269 e. The SMILES string of the molecule is CCCCCNc1nc(N)ncc1OCc1cccc(C(=O)NC)n1. The number of ether oxygens (including phenoxy) is 1. The first-order valence-corrected chi connectivity index (χ1v) is 8.31. The van der Waals surface area contributed by atoms with Gasteiger partial charge in [-0.1, -0.05) is 25.8 Å². The van der Waals surface area contributed by atoms with Gasteiger partial charge in [-0.05, 0) is 18.6 Å². The number of carbonyl (C=O) groups excluding carboxylic acids is 1. The van der Waals surface area contributed by atoms with Crippen molar-refractivity contribution in [3.05, 3.63) is 35.8 Å².